The number of ether oxygens (including phenoxy) is 1. The lowest BCUT2D eigenvalue weighted by Crippen LogP contribution is -2.02. The molecule has 0 bridgehead atoms. The van der Waals surface area contributed by atoms with Crippen LogP contribution in [0.15, 0.2) is 12.1 Å². The zero-order valence-electron chi connectivity index (χ0n) is 7.30. The molecule has 0 spiro atoms. The standard InChI is InChI=1S/C9H9FO3/c1-5-7(10)4-3-6(8(5)11)9(12)13-2/h3-4,11H,1-2H3. The van der Waals surface area contributed by atoms with Crippen LogP contribution in [0.1, 0.15) is 15.9 Å². The van der Waals surface area contributed by atoms with Crippen molar-refractivity contribution in [2.75, 3.05) is 7.11 Å². The Hall–Kier alpha value is -1.58. The van der Waals surface area contributed by atoms with Gasteiger partial charge in [-0.2, -0.15) is 0 Å². The third kappa shape index (κ3) is 1.61. The van der Waals surface area contributed by atoms with Crippen LogP contribution < -0.4 is 0 Å². The van der Waals surface area contributed by atoms with Gasteiger partial charge >= 0.3 is 5.97 Å². The average molecular weight is 184 g/mol. The fourth-order valence-electron chi connectivity index (χ4n) is 0.950. The highest BCUT2D eigenvalue weighted by Gasteiger charge is 2.15. The van der Waals surface area contributed by atoms with Crippen LogP contribution in [0.25, 0.3) is 0 Å². The maximum Gasteiger partial charge on any atom is 0.341 e. The molecule has 0 atom stereocenters. The van der Waals surface area contributed by atoms with E-state index in [1.165, 1.54) is 20.1 Å². The maximum absolute atomic E-state index is 12.8. The van der Waals surface area contributed by atoms with Crippen LogP contribution in [0.5, 0.6) is 5.75 Å². The molecular formula is C9H9FO3. The van der Waals surface area contributed by atoms with E-state index in [4.69, 9.17) is 0 Å². The Morgan fingerprint density at radius 2 is 2.15 bits per heavy atom. The molecule has 4 heteroatoms. The van der Waals surface area contributed by atoms with Gasteiger partial charge in [0.2, 0.25) is 0 Å². The topological polar surface area (TPSA) is 46.5 Å². The fourth-order valence-corrected chi connectivity index (χ4v) is 0.950. The third-order valence-corrected chi connectivity index (χ3v) is 1.77. The monoisotopic (exact) mass is 184 g/mol. The molecule has 1 aromatic carbocycles. The Balaban J connectivity index is 3.26. The van der Waals surface area contributed by atoms with Crippen LogP contribution in [0, 0.1) is 12.7 Å². The molecule has 1 rings (SSSR count). The average Bonchev–Trinajstić information content (AvgIpc) is 2.13. The first-order valence-corrected chi connectivity index (χ1v) is 3.64. The van der Waals surface area contributed by atoms with Crippen molar-refractivity contribution >= 4 is 5.97 Å². The number of carbonyl (C=O) groups is 1. The summed E-state index contributed by atoms with van der Waals surface area (Å²) in [6, 6.07) is 2.30. The minimum Gasteiger partial charge on any atom is -0.507 e. The first kappa shape index (κ1) is 9.51. The van der Waals surface area contributed by atoms with Crippen LogP contribution in [-0.4, -0.2) is 18.2 Å². The number of phenols is 1. The van der Waals surface area contributed by atoms with Crippen molar-refractivity contribution in [3.8, 4) is 5.75 Å². The van der Waals surface area contributed by atoms with Gasteiger partial charge in [0.15, 0.2) is 0 Å². The van der Waals surface area contributed by atoms with E-state index in [1.54, 1.807) is 0 Å². The van der Waals surface area contributed by atoms with Crippen LogP contribution in [-0.2, 0) is 4.74 Å². The van der Waals surface area contributed by atoms with E-state index in [2.05, 4.69) is 4.74 Å². The number of hydrogen-bond donors (Lipinski definition) is 1. The largest absolute Gasteiger partial charge is 0.507 e. The number of halogens is 1. The summed E-state index contributed by atoms with van der Waals surface area (Å²) in [5.74, 6) is -1.60. The van der Waals surface area contributed by atoms with E-state index in [0.717, 1.165) is 6.07 Å². The zero-order valence-corrected chi connectivity index (χ0v) is 7.30. The molecule has 70 valence electrons. The number of rotatable bonds is 1. The van der Waals surface area contributed by atoms with Gasteiger partial charge in [0.05, 0.1) is 7.11 Å². The minimum atomic E-state index is -0.680. The van der Waals surface area contributed by atoms with Crippen LogP contribution in [0.2, 0.25) is 0 Å². The Kier molecular flexibility index (Phi) is 2.51. The second kappa shape index (κ2) is 3.43. The summed E-state index contributed by atoms with van der Waals surface area (Å²) in [6.07, 6.45) is 0. The highest BCUT2D eigenvalue weighted by Crippen LogP contribution is 2.24. The second-order valence-corrected chi connectivity index (χ2v) is 2.56. The van der Waals surface area contributed by atoms with Gasteiger partial charge in [0, 0.05) is 5.56 Å². The fraction of sp³-hybridized carbons (Fsp3) is 0.222. The maximum atomic E-state index is 12.8. The van der Waals surface area contributed by atoms with E-state index in [1.807, 2.05) is 0 Å². The van der Waals surface area contributed by atoms with Crippen molar-refractivity contribution in [3.05, 3.63) is 29.1 Å². The van der Waals surface area contributed by atoms with Gasteiger partial charge in [0.1, 0.15) is 17.1 Å². The summed E-state index contributed by atoms with van der Waals surface area (Å²) >= 11 is 0. The number of esters is 1. The van der Waals surface area contributed by atoms with Crippen LogP contribution in [0.3, 0.4) is 0 Å². The van der Waals surface area contributed by atoms with E-state index in [9.17, 15) is 14.3 Å². The normalized spacial score (nSPS) is 9.77. The predicted molar refractivity (Wildman–Crippen MR) is 44.1 cm³/mol. The zero-order chi connectivity index (χ0) is 10.0. The van der Waals surface area contributed by atoms with E-state index in [-0.39, 0.29) is 16.9 Å². The Bertz CT molecular complexity index is 347. The molecule has 13 heavy (non-hydrogen) atoms. The molecule has 0 saturated carbocycles. The molecule has 0 fully saturated rings. The number of carbonyl (C=O) groups excluding carboxylic acids is 1. The lowest BCUT2D eigenvalue weighted by Gasteiger charge is -2.05. The molecule has 1 N–H and O–H groups in total. The Labute approximate surface area is 74.8 Å². The summed E-state index contributed by atoms with van der Waals surface area (Å²) < 4.78 is 17.2. The van der Waals surface area contributed by atoms with Crippen molar-refractivity contribution in [2.45, 2.75) is 6.92 Å². The molecule has 0 aliphatic heterocycles. The molecule has 0 saturated heterocycles. The lowest BCUT2D eigenvalue weighted by molar-refractivity contribution is 0.0597. The molecule has 1 aromatic rings. The van der Waals surface area contributed by atoms with Gasteiger partial charge < -0.3 is 9.84 Å². The van der Waals surface area contributed by atoms with Gasteiger partial charge in [-0.1, -0.05) is 0 Å². The predicted octanol–water partition coefficient (Wildman–Crippen LogP) is 1.63. The number of phenolic OH excluding ortho intramolecular Hbond substituents is 1. The molecule has 0 aliphatic rings. The Morgan fingerprint density at radius 3 is 2.69 bits per heavy atom. The van der Waals surface area contributed by atoms with Gasteiger partial charge in [-0.15, -0.1) is 0 Å². The molecule has 0 aromatic heterocycles. The SMILES string of the molecule is COC(=O)c1ccc(F)c(C)c1O. The number of aromatic hydroxyl groups is 1. The summed E-state index contributed by atoms with van der Waals surface area (Å²) in [7, 11) is 1.19. The summed E-state index contributed by atoms with van der Waals surface area (Å²) in [5, 5.41) is 9.34. The highest BCUT2D eigenvalue weighted by atomic mass is 19.1. The quantitative estimate of drug-likeness (QED) is 0.674. The molecule has 0 heterocycles. The van der Waals surface area contributed by atoms with E-state index >= 15 is 0 Å². The van der Waals surface area contributed by atoms with E-state index in [0.29, 0.717) is 0 Å². The van der Waals surface area contributed by atoms with Crippen molar-refractivity contribution in [3.63, 3.8) is 0 Å². The van der Waals surface area contributed by atoms with E-state index < -0.39 is 11.8 Å². The molecule has 3 nitrogen and oxygen atoms in total. The summed E-state index contributed by atoms with van der Waals surface area (Å²) in [6.45, 7) is 1.39. The molecular weight excluding hydrogens is 175 g/mol. The Morgan fingerprint density at radius 1 is 1.54 bits per heavy atom. The number of methoxy groups -OCH3 is 1. The molecule has 0 aliphatic carbocycles. The number of benzene rings is 1. The molecule has 0 unspecified atom stereocenters. The van der Waals surface area contributed by atoms with Crippen molar-refractivity contribution in [1.29, 1.82) is 0 Å². The van der Waals surface area contributed by atoms with Gasteiger partial charge in [-0.05, 0) is 19.1 Å². The molecule has 0 amide bonds. The number of hydrogen-bond acceptors (Lipinski definition) is 3. The van der Waals surface area contributed by atoms with Gasteiger partial charge in [-0.25, -0.2) is 9.18 Å². The van der Waals surface area contributed by atoms with Crippen molar-refractivity contribution < 1.29 is 19.0 Å². The van der Waals surface area contributed by atoms with Gasteiger partial charge in [0.25, 0.3) is 0 Å². The lowest BCUT2D eigenvalue weighted by atomic mass is 10.1. The summed E-state index contributed by atoms with van der Waals surface area (Å²) in [4.78, 5) is 11.0. The second-order valence-electron chi connectivity index (χ2n) is 2.56. The van der Waals surface area contributed by atoms with Crippen LogP contribution in [0.4, 0.5) is 4.39 Å². The van der Waals surface area contributed by atoms with Gasteiger partial charge in [-0.3, -0.25) is 0 Å². The highest BCUT2D eigenvalue weighted by molar-refractivity contribution is 5.92. The van der Waals surface area contributed by atoms with Crippen LogP contribution >= 0.6 is 0 Å². The molecule has 0 radical (unpaired) electrons. The first-order valence-electron chi connectivity index (χ1n) is 3.64. The van der Waals surface area contributed by atoms with Crippen molar-refractivity contribution in [2.24, 2.45) is 0 Å². The minimum absolute atomic E-state index is 0.0265. The third-order valence-electron chi connectivity index (χ3n) is 1.77. The first-order chi connectivity index (χ1) is 6.07. The van der Waals surface area contributed by atoms with Crippen molar-refractivity contribution in [1.82, 2.24) is 0 Å². The smallest absolute Gasteiger partial charge is 0.341 e. The summed E-state index contributed by atoms with van der Waals surface area (Å²) in [5.41, 5.74) is 0.0179.